The summed E-state index contributed by atoms with van der Waals surface area (Å²) in [6, 6.07) is 15.7. The molecule has 0 bridgehead atoms. The smallest absolute Gasteiger partial charge is 0.261 e. The number of halogens is 1. The normalized spacial score (nSPS) is 11.2. The molecule has 3 rings (SSSR count). The van der Waals surface area contributed by atoms with E-state index < -0.39 is 10.0 Å². The van der Waals surface area contributed by atoms with Gasteiger partial charge in [-0.1, -0.05) is 29.8 Å². The largest absolute Gasteiger partial charge is 0.340 e. The van der Waals surface area contributed by atoms with E-state index in [2.05, 4.69) is 15.0 Å². The van der Waals surface area contributed by atoms with E-state index in [4.69, 9.17) is 11.6 Å². The van der Waals surface area contributed by atoms with E-state index in [1.807, 2.05) is 38.1 Å². The van der Waals surface area contributed by atoms with Crippen LogP contribution in [0.1, 0.15) is 11.1 Å². The van der Waals surface area contributed by atoms with Gasteiger partial charge < -0.3 is 5.32 Å². The van der Waals surface area contributed by atoms with Crippen molar-refractivity contribution < 1.29 is 8.42 Å². The van der Waals surface area contributed by atoms with Crippen molar-refractivity contribution in [2.45, 2.75) is 18.7 Å². The van der Waals surface area contributed by atoms with Gasteiger partial charge in [0.25, 0.3) is 10.0 Å². The molecule has 0 saturated carbocycles. The molecule has 0 saturated heterocycles. The van der Waals surface area contributed by atoms with Crippen molar-refractivity contribution in [3.63, 3.8) is 0 Å². The van der Waals surface area contributed by atoms with Gasteiger partial charge in [-0.15, -0.1) is 0 Å². The van der Waals surface area contributed by atoms with Crippen molar-refractivity contribution in [1.29, 1.82) is 0 Å². The van der Waals surface area contributed by atoms with Gasteiger partial charge in [-0.2, -0.15) is 0 Å². The van der Waals surface area contributed by atoms with Gasteiger partial charge in [0.05, 0.1) is 16.8 Å². The Balaban J connectivity index is 1.74. The average Bonchev–Trinajstić information content (AvgIpc) is 2.60. The molecule has 0 amide bonds. The highest BCUT2D eigenvalue weighted by atomic mass is 35.5. The van der Waals surface area contributed by atoms with Crippen LogP contribution in [-0.4, -0.2) is 13.4 Å². The fourth-order valence-corrected chi connectivity index (χ4v) is 3.67. The molecule has 0 radical (unpaired) electrons. The Bertz CT molecular complexity index is 1030. The fourth-order valence-electron chi connectivity index (χ4n) is 2.34. The number of nitrogens with zero attached hydrogens (tertiary/aromatic N) is 1. The van der Waals surface area contributed by atoms with E-state index in [0.29, 0.717) is 16.5 Å². The SMILES string of the molecule is Cc1cccc(S(=O)(=O)Nc2ccc(Nc3ccc(C)c(Cl)c3)nc2)c1. The first-order valence-electron chi connectivity index (χ1n) is 7.92. The van der Waals surface area contributed by atoms with Crippen LogP contribution in [0, 0.1) is 13.8 Å². The summed E-state index contributed by atoms with van der Waals surface area (Å²) in [7, 11) is -3.65. The molecule has 5 nitrogen and oxygen atoms in total. The van der Waals surface area contributed by atoms with Crippen LogP contribution in [0.4, 0.5) is 17.2 Å². The molecule has 0 unspecified atom stereocenters. The summed E-state index contributed by atoms with van der Waals surface area (Å²) in [5, 5.41) is 3.79. The number of benzene rings is 2. The maximum absolute atomic E-state index is 12.4. The summed E-state index contributed by atoms with van der Waals surface area (Å²) >= 11 is 6.11. The first-order chi connectivity index (χ1) is 12.3. The Kier molecular flexibility index (Phi) is 5.15. The predicted molar refractivity (Wildman–Crippen MR) is 106 cm³/mol. The van der Waals surface area contributed by atoms with Crippen molar-refractivity contribution in [3.05, 3.63) is 76.9 Å². The average molecular weight is 388 g/mol. The topological polar surface area (TPSA) is 71.1 Å². The number of nitrogens with one attached hydrogen (secondary N) is 2. The minimum atomic E-state index is -3.65. The lowest BCUT2D eigenvalue weighted by Gasteiger charge is -2.10. The van der Waals surface area contributed by atoms with Crippen molar-refractivity contribution in [1.82, 2.24) is 4.98 Å². The summed E-state index contributed by atoms with van der Waals surface area (Å²) in [6.45, 7) is 3.78. The minimum Gasteiger partial charge on any atom is -0.340 e. The third-order valence-corrected chi connectivity index (χ3v) is 5.55. The standard InChI is InChI=1S/C19H18ClN3O2S/c1-13-4-3-5-17(10-13)26(24,25)23-16-8-9-19(21-12-16)22-15-7-6-14(2)18(20)11-15/h3-12,23H,1-2H3,(H,21,22). The Morgan fingerprint density at radius 1 is 0.962 bits per heavy atom. The molecular formula is C19H18ClN3O2S. The quantitative estimate of drug-likeness (QED) is 0.653. The highest BCUT2D eigenvalue weighted by Crippen LogP contribution is 2.23. The zero-order chi connectivity index (χ0) is 18.7. The summed E-state index contributed by atoms with van der Waals surface area (Å²) in [5.74, 6) is 0.587. The molecular weight excluding hydrogens is 370 g/mol. The summed E-state index contributed by atoms with van der Waals surface area (Å²) in [6.07, 6.45) is 1.46. The molecule has 2 N–H and O–H groups in total. The molecule has 0 fully saturated rings. The number of aryl methyl sites for hydroxylation is 2. The maximum atomic E-state index is 12.4. The van der Waals surface area contributed by atoms with Crippen LogP contribution in [0.25, 0.3) is 0 Å². The van der Waals surface area contributed by atoms with Gasteiger partial charge in [0, 0.05) is 10.7 Å². The van der Waals surface area contributed by atoms with E-state index in [9.17, 15) is 8.42 Å². The van der Waals surface area contributed by atoms with Gasteiger partial charge in [-0.05, 0) is 61.4 Å². The number of anilines is 3. The maximum Gasteiger partial charge on any atom is 0.261 e. The number of hydrogen-bond acceptors (Lipinski definition) is 4. The third kappa shape index (κ3) is 4.33. The summed E-state index contributed by atoms with van der Waals surface area (Å²) < 4.78 is 27.4. The molecule has 1 aromatic heterocycles. The zero-order valence-corrected chi connectivity index (χ0v) is 15.9. The van der Waals surface area contributed by atoms with Gasteiger partial charge >= 0.3 is 0 Å². The van der Waals surface area contributed by atoms with E-state index >= 15 is 0 Å². The Hall–Kier alpha value is -2.57. The van der Waals surface area contributed by atoms with Crippen molar-refractivity contribution in [3.8, 4) is 0 Å². The minimum absolute atomic E-state index is 0.217. The summed E-state index contributed by atoms with van der Waals surface area (Å²) in [5.41, 5.74) is 3.06. The second-order valence-electron chi connectivity index (χ2n) is 5.94. The molecule has 0 spiro atoms. The highest BCUT2D eigenvalue weighted by Gasteiger charge is 2.14. The molecule has 7 heteroatoms. The van der Waals surface area contributed by atoms with Gasteiger partial charge in [-0.25, -0.2) is 13.4 Å². The van der Waals surface area contributed by atoms with E-state index in [0.717, 1.165) is 16.8 Å². The molecule has 0 atom stereocenters. The molecule has 1 heterocycles. The number of aromatic nitrogens is 1. The van der Waals surface area contributed by atoms with Crippen LogP contribution in [0.5, 0.6) is 0 Å². The first kappa shape index (κ1) is 18.2. The predicted octanol–water partition coefficient (Wildman–Crippen LogP) is 4.90. The second kappa shape index (κ2) is 7.35. The van der Waals surface area contributed by atoms with Gasteiger partial charge in [0.15, 0.2) is 0 Å². The van der Waals surface area contributed by atoms with E-state index in [1.54, 1.807) is 30.3 Å². The fraction of sp³-hybridized carbons (Fsp3) is 0.105. The van der Waals surface area contributed by atoms with Crippen LogP contribution >= 0.6 is 11.6 Å². The second-order valence-corrected chi connectivity index (χ2v) is 8.03. The van der Waals surface area contributed by atoms with Crippen LogP contribution < -0.4 is 10.0 Å². The van der Waals surface area contributed by atoms with Gasteiger partial charge in [-0.3, -0.25) is 4.72 Å². The lowest BCUT2D eigenvalue weighted by molar-refractivity contribution is 0.601. The molecule has 2 aromatic carbocycles. The Morgan fingerprint density at radius 3 is 2.38 bits per heavy atom. The Labute approximate surface area is 158 Å². The molecule has 26 heavy (non-hydrogen) atoms. The van der Waals surface area contributed by atoms with Gasteiger partial charge in [0.2, 0.25) is 0 Å². The molecule has 0 aliphatic heterocycles. The van der Waals surface area contributed by atoms with Crippen molar-refractivity contribution in [2.75, 3.05) is 10.0 Å². The van der Waals surface area contributed by atoms with E-state index in [-0.39, 0.29) is 4.90 Å². The third-order valence-electron chi connectivity index (χ3n) is 3.76. The van der Waals surface area contributed by atoms with Gasteiger partial charge in [0.1, 0.15) is 5.82 Å². The van der Waals surface area contributed by atoms with Crippen LogP contribution in [0.3, 0.4) is 0 Å². The molecule has 3 aromatic rings. The first-order valence-corrected chi connectivity index (χ1v) is 9.78. The number of rotatable bonds is 5. The lowest BCUT2D eigenvalue weighted by atomic mass is 10.2. The monoisotopic (exact) mass is 387 g/mol. The summed E-state index contributed by atoms with van der Waals surface area (Å²) in [4.78, 5) is 4.46. The molecule has 0 aliphatic carbocycles. The van der Waals surface area contributed by atoms with Crippen LogP contribution in [0.2, 0.25) is 5.02 Å². The zero-order valence-electron chi connectivity index (χ0n) is 14.3. The van der Waals surface area contributed by atoms with Crippen molar-refractivity contribution >= 4 is 38.8 Å². The molecule has 134 valence electrons. The molecule has 0 aliphatic rings. The number of pyridine rings is 1. The highest BCUT2D eigenvalue weighted by molar-refractivity contribution is 7.92. The number of sulfonamides is 1. The Morgan fingerprint density at radius 2 is 1.73 bits per heavy atom. The number of hydrogen-bond donors (Lipinski definition) is 2. The van der Waals surface area contributed by atoms with Crippen LogP contribution in [-0.2, 0) is 10.0 Å². The van der Waals surface area contributed by atoms with E-state index in [1.165, 1.54) is 6.20 Å². The lowest BCUT2D eigenvalue weighted by Crippen LogP contribution is -2.13. The van der Waals surface area contributed by atoms with Crippen LogP contribution in [0.15, 0.2) is 65.7 Å². The van der Waals surface area contributed by atoms with Crippen molar-refractivity contribution in [2.24, 2.45) is 0 Å².